The monoisotopic (exact) mass is 447 g/mol. The summed E-state index contributed by atoms with van der Waals surface area (Å²) in [6.45, 7) is 8.45. The van der Waals surface area contributed by atoms with Gasteiger partial charge in [-0.2, -0.15) is 0 Å². The van der Waals surface area contributed by atoms with Crippen LogP contribution in [0.15, 0.2) is 34.9 Å². The summed E-state index contributed by atoms with van der Waals surface area (Å²) in [5.74, 6) is -0.392. The van der Waals surface area contributed by atoms with Crippen LogP contribution in [0.1, 0.15) is 16.4 Å². The molecule has 1 aromatic carbocycles. The molecule has 1 amide bonds. The van der Waals surface area contributed by atoms with E-state index in [0.717, 1.165) is 52.5 Å². The third-order valence-electron chi connectivity index (χ3n) is 5.73. The molecule has 2 saturated heterocycles. The Bertz CT molecular complexity index is 881. The molecule has 0 radical (unpaired) electrons. The number of piperazine rings is 1. The second-order valence-electron chi connectivity index (χ2n) is 8.23. The number of morpholine rings is 1. The van der Waals surface area contributed by atoms with E-state index in [2.05, 4.69) is 25.0 Å². The first kappa shape index (κ1) is 22.8. The van der Waals surface area contributed by atoms with Crippen LogP contribution in [0.2, 0.25) is 0 Å². The van der Waals surface area contributed by atoms with Crippen molar-refractivity contribution in [2.24, 2.45) is 0 Å². The fourth-order valence-corrected chi connectivity index (χ4v) is 4.01. The van der Waals surface area contributed by atoms with Crippen LogP contribution in [0.3, 0.4) is 0 Å². The van der Waals surface area contributed by atoms with Gasteiger partial charge in [-0.15, -0.1) is 0 Å². The van der Waals surface area contributed by atoms with Gasteiger partial charge in [0.1, 0.15) is 12.1 Å². The van der Waals surface area contributed by atoms with Gasteiger partial charge in [-0.05, 0) is 18.2 Å². The van der Waals surface area contributed by atoms with Gasteiger partial charge in [-0.1, -0.05) is 6.07 Å². The minimum atomic E-state index is -0.440. The molecule has 3 heterocycles. The standard InChI is InChI=1S/C22H30FN5O4/c23-17-2-1-3-18(12-17)24-22(30)20-16-32-21(25-20)15-27-6-4-26(5-7-27)13-19(29)14-28-8-10-31-11-9-28/h1-3,12,16,19,29H,4-11,13-15H2,(H,24,30). The van der Waals surface area contributed by atoms with E-state index >= 15 is 0 Å². The van der Waals surface area contributed by atoms with E-state index in [1.165, 1.54) is 24.5 Å². The second-order valence-corrected chi connectivity index (χ2v) is 8.23. The molecular formula is C22H30FN5O4. The summed E-state index contributed by atoms with van der Waals surface area (Å²) in [6, 6.07) is 5.70. The number of halogens is 1. The number of benzene rings is 1. The van der Waals surface area contributed by atoms with Gasteiger partial charge in [0.2, 0.25) is 5.89 Å². The van der Waals surface area contributed by atoms with Crippen molar-refractivity contribution < 1.29 is 23.4 Å². The van der Waals surface area contributed by atoms with Crippen LogP contribution in [-0.4, -0.2) is 102 Å². The summed E-state index contributed by atoms with van der Waals surface area (Å²) in [4.78, 5) is 23.3. The summed E-state index contributed by atoms with van der Waals surface area (Å²) < 4.78 is 24.1. The van der Waals surface area contributed by atoms with Crippen molar-refractivity contribution in [1.82, 2.24) is 19.7 Å². The number of amides is 1. The Hall–Kier alpha value is -2.37. The molecule has 2 aliphatic heterocycles. The lowest BCUT2D eigenvalue weighted by Crippen LogP contribution is -2.50. The van der Waals surface area contributed by atoms with E-state index in [9.17, 15) is 14.3 Å². The van der Waals surface area contributed by atoms with Gasteiger partial charge in [0.25, 0.3) is 5.91 Å². The van der Waals surface area contributed by atoms with Gasteiger partial charge in [-0.25, -0.2) is 9.37 Å². The largest absolute Gasteiger partial charge is 0.447 e. The highest BCUT2D eigenvalue weighted by Gasteiger charge is 2.23. The molecule has 10 heteroatoms. The first-order valence-electron chi connectivity index (χ1n) is 11.0. The fraction of sp³-hybridized carbons (Fsp3) is 0.545. The second kappa shape index (κ2) is 11.0. The van der Waals surface area contributed by atoms with Gasteiger partial charge < -0.3 is 19.6 Å². The lowest BCUT2D eigenvalue weighted by atomic mass is 10.2. The van der Waals surface area contributed by atoms with Gasteiger partial charge >= 0.3 is 0 Å². The van der Waals surface area contributed by atoms with E-state index in [1.54, 1.807) is 6.07 Å². The SMILES string of the molecule is O=C(Nc1cccc(F)c1)c1coc(CN2CCN(CC(O)CN3CCOCC3)CC2)n1. The Morgan fingerprint density at radius 1 is 1.09 bits per heavy atom. The van der Waals surface area contributed by atoms with E-state index in [4.69, 9.17) is 9.15 Å². The van der Waals surface area contributed by atoms with Crippen molar-refractivity contribution >= 4 is 11.6 Å². The molecule has 0 bridgehead atoms. The van der Waals surface area contributed by atoms with Crippen molar-refractivity contribution in [3.8, 4) is 0 Å². The van der Waals surface area contributed by atoms with Crippen molar-refractivity contribution in [2.45, 2.75) is 12.6 Å². The van der Waals surface area contributed by atoms with Crippen LogP contribution in [-0.2, 0) is 11.3 Å². The Morgan fingerprint density at radius 3 is 2.50 bits per heavy atom. The molecule has 1 aromatic heterocycles. The summed E-state index contributed by atoms with van der Waals surface area (Å²) in [5.41, 5.74) is 0.528. The van der Waals surface area contributed by atoms with Crippen molar-refractivity contribution in [1.29, 1.82) is 0 Å². The number of nitrogens with one attached hydrogen (secondary N) is 1. The van der Waals surface area contributed by atoms with Gasteiger partial charge in [-0.3, -0.25) is 19.5 Å². The van der Waals surface area contributed by atoms with Crippen LogP contribution >= 0.6 is 0 Å². The van der Waals surface area contributed by atoms with Crippen LogP contribution < -0.4 is 5.32 Å². The average Bonchev–Trinajstić information content (AvgIpc) is 3.24. The number of oxazole rings is 1. The van der Waals surface area contributed by atoms with Gasteiger partial charge in [0, 0.05) is 58.0 Å². The quantitative estimate of drug-likeness (QED) is 0.616. The number of aliphatic hydroxyl groups excluding tert-OH is 1. The molecule has 4 rings (SSSR count). The number of anilines is 1. The minimum Gasteiger partial charge on any atom is -0.447 e. The molecule has 9 nitrogen and oxygen atoms in total. The molecule has 2 N–H and O–H groups in total. The molecule has 2 aromatic rings. The maximum absolute atomic E-state index is 13.3. The third-order valence-corrected chi connectivity index (χ3v) is 5.73. The van der Waals surface area contributed by atoms with Gasteiger partial charge in [0.15, 0.2) is 5.69 Å². The maximum Gasteiger partial charge on any atom is 0.277 e. The number of rotatable bonds is 8. The van der Waals surface area contributed by atoms with Crippen molar-refractivity contribution in [2.75, 3.05) is 70.9 Å². The lowest BCUT2D eigenvalue weighted by Gasteiger charge is -2.36. The predicted molar refractivity (Wildman–Crippen MR) is 116 cm³/mol. The lowest BCUT2D eigenvalue weighted by molar-refractivity contribution is 0.00187. The van der Waals surface area contributed by atoms with Crippen LogP contribution in [0, 0.1) is 5.82 Å². The zero-order valence-electron chi connectivity index (χ0n) is 18.1. The molecule has 0 spiro atoms. The number of aromatic nitrogens is 1. The van der Waals surface area contributed by atoms with Crippen LogP contribution in [0.25, 0.3) is 0 Å². The van der Waals surface area contributed by atoms with Crippen molar-refractivity contribution in [3.05, 3.63) is 47.9 Å². The number of β-amino-alcohol motifs (C(OH)–C–C–N with tert-alkyl or cyclic N) is 1. The molecule has 32 heavy (non-hydrogen) atoms. The molecule has 2 fully saturated rings. The van der Waals surface area contributed by atoms with E-state index in [0.29, 0.717) is 31.2 Å². The molecular weight excluding hydrogens is 417 g/mol. The normalized spacial score (nSPS) is 19.7. The highest BCUT2D eigenvalue weighted by atomic mass is 19.1. The Balaban J connectivity index is 1.19. The number of ether oxygens (including phenoxy) is 1. The highest BCUT2D eigenvalue weighted by Crippen LogP contribution is 2.13. The topological polar surface area (TPSA) is 94.3 Å². The van der Waals surface area contributed by atoms with E-state index < -0.39 is 11.7 Å². The molecule has 0 saturated carbocycles. The maximum atomic E-state index is 13.3. The predicted octanol–water partition coefficient (Wildman–Crippen LogP) is 0.877. The van der Waals surface area contributed by atoms with E-state index in [-0.39, 0.29) is 11.8 Å². The zero-order valence-corrected chi connectivity index (χ0v) is 18.1. The summed E-state index contributed by atoms with van der Waals surface area (Å²) in [7, 11) is 0. The van der Waals surface area contributed by atoms with E-state index in [1.807, 2.05) is 0 Å². The summed E-state index contributed by atoms with van der Waals surface area (Å²) in [5, 5.41) is 13.0. The molecule has 2 aliphatic rings. The number of carbonyl (C=O) groups is 1. The highest BCUT2D eigenvalue weighted by molar-refractivity contribution is 6.02. The van der Waals surface area contributed by atoms with Crippen molar-refractivity contribution in [3.63, 3.8) is 0 Å². The molecule has 174 valence electrons. The summed E-state index contributed by atoms with van der Waals surface area (Å²) >= 11 is 0. The Kier molecular flexibility index (Phi) is 7.82. The average molecular weight is 448 g/mol. The van der Waals surface area contributed by atoms with Crippen LogP contribution in [0.5, 0.6) is 0 Å². The molecule has 0 aliphatic carbocycles. The first-order chi connectivity index (χ1) is 15.5. The van der Waals surface area contributed by atoms with Gasteiger partial charge in [0.05, 0.1) is 25.9 Å². The number of aliphatic hydroxyl groups is 1. The number of hydrogen-bond acceptors (Lipinski definition) is 8. The number of hydrogen-bond donors (Lipinski definition) is 2. The minimum absolute atomic E-state index is 0.161. The first-order valence-corrected chi connectivity index (χ1v) is 11.0. The zero-order chi connectivity index (χ0) is 22.3. The number of nitrogens with zero attached hydrogens (tertiary/aromatic N) is 4. The number of carbonyl (C=O) groups excluding carboxylic acids is 1. The molecule has 1 atom stereocenters. The molecule has 1 unspecified atom stereocenters. The summed E-state index contributed by atoms with van der Waals surface area (Å²) in [6.07, 6.45) is 0.952. The Morgan fingerprint density at radius 2 is 1.78 bits per heavy atom. The van der Waals surface area contributed by atoms with Crippen LogP contribution in [0.4, 0.5) is 10.1 Å². The smallest absolute Gasteiger partial charge is 0.277 e. The fourth-order valence-electron chi connectivity index (χ4n) is 4.01. The Labute approximate surface area is 186 Å². The third kappa shape index (κ3) is 6.57.